The molecule has 15 heavy (non-hydrogen) atoms. The second kappa shape index (κ2) is 6.67. The molecule has 0 aliphatic carbocycles. The van der Waals surface area contributed by atoms with Crippen molar-refractivity contribution in [2.75, 3.05) is 38.6 Å². The fourth-order valence-electron chi connectivity index (χ4n) is 1.24. The average molecular weight is 232 g/mol. The summed E-state index contributed by atoms with van der Waals surface area (Å²) in [6.45, 7) is 2.07. The first-order chi connectivity index (χ1) is 7.26. The largest absolute Gasteiger partial charge is 0.395 e. The molecule has 0 saturated heterocycles. The summed E-state index contributed by atoms with van der Waals surface area (Å²) in [5.74, 6) is 0. The Labute approximate surface area is 92.4 Å². The third-order valence-electron chi connectivity index (χ3n) is 1.96. The minimum atomic E-state index is 0.0955. The summed E-state index contributed by atoms with van der Waals surface area (Å²) in [4.78, 5) is 1.97. The zero-order valence-electron chi connectivity index (χ0n) is 8.46. The molecule has 0 spiro atoms. The molecule has 6 nitrogen and oxygen atoms in total. The summed E-state index contributed by atoms with van der Waals surface area (Å²) in [5, 5.41) is 26.6. The second-order valence-corrected chi connectivity index (χ2v) is 4.17. The molecule has 0 aromatic carbocycles. The summed E-state index contributed by atoms with van der Waals surface area (Å²) in [6, 6.07) is 0. The molecule has 1 aromatic rings. The highest BCUT2D eigenvalue weighted by Gasteiger charge is 2.06. The van der Waals surface area contributed by atoms with E-state index in [2.05, 4.69) is 10.2 Å². The molecular weight excluding hydrogens is 216 g/mol. The zero-order chi connectivity index (χ0) is 11.1. The van der Waals surface area contributed by atoms with Gasteiger partial charge in [-0.3, -0.25) is 4.90 Å². The monoisotopic (exact) mass is 232 g/mol. The maximum atomic E-state index is 8.80. The first-order valence-corrected chi connectivity index (χ1v) is 5.60. The Morgan fingerprint density at radius 3 is 2.27 bits per heavy atom. The van der Waals surface area contributed by atoms with Gasteiger partial charge in [0.2, 0.25) is 5.13 Å². The van der Waals surface area contributed by atoms with Crippen LogP contribution in [0.2, 0.25) is 0 Å². The van der Waals surface area contributed by atoms with Crippen LogP contribution in [0.15, 0.2) is 0 Å². The lowest BCUT2D eigenvalue weighted by molar-refractivity contribution is 0.162. The van der Waals surface area contributed by atoms with Crippen LogP contribution >= 0.6 is 11.3 Å². The van der Waals surface area contributed by atoms with E-state index < -0.39 is 0 Å². The lowest BCUT2D eigenvalue weighted by atomic mass is 10.4. The molecular formula is C8H16N4O2S. The number of rotatable bonds is 7. The number of hydrogen-bond acceptors (Lipinski definition) is 7. The predicted octanol–water partition coefficient (Wildman–Crippen LogP) is -1.05. The molecule has 7 heteroatoms. The molecule has 1 heterocycles. The van der Waals surface area contributed by atoms with Gasteiger partial charge in [0.25, 0.3) is 0 Å². The van der Waals surface area contributed by atoms with Gasteiger partial charge in [-0.25, -0.2) is 0 Å². The molecule has 1 aromatic heterocycles. The number of nitrogens with zero attached hydrogens (tertiary/aromatic N) is 3. The molecule has 0 fully saturated rings. The molecule has 0 aliphatic rings. The van der Waals surface area contributed by atoms with E-state index >= 15 is 0 Å². The Balaban J connectivity index is 2.32. The highest BCUT2D eigenvalue weighted by Crippen LogP contribution is 2.11. The van der Waals surface area contributed by atoms with Crippen LogP contribution < -0.4 is 5.73 Å². The van der Waals surface area contributed by atoms with E-state index in [0.717, 1.165) is 18.0 Å². The van der Waals surface area contributed by atoms with E-state index in [0.29, 0.717) is 18.2 Å². The van der Waals surface area contributed by atoms with Gasteiger partial charge in [-0.15, -0.1) is 10.2 Å². The summed E-state index contributed by atoms with van der Waals surface area (Å²) in [5.41, 5.74) is 5.45. The molecule has 0 aliphatic heterocycles. The summed E-state index contributed by atoms with van der Waals surface area (Å²) in [6.07, 6.45) is 0.745. The van der Waals surface area contributed by atoms with Crippen LogP contribution in [0.1, 0.15) is 5.01 Å². The molecule has 86 valence electrons. The molecule has 4 N–H and O–H groups in total. The number of aliphatic hydroxyl groups is 2. The summed E-state index contributed by atoms with van der Waals surface area (Å²) < 4.78 is 0. The topological polar surface area (TPSA) is 95.5 Å². The van der Waals surface area contributed by atoms with Crippen LogP contribution in [0.4, 0.5) is 5.13 Å². The van der Waals surface area contributed by atoms with Gasteiger partial charge in [-0.1, -0.05) is 11.3 Å². The minimum Gasteiger partial charge on any atom is -0.395 e. The Hall–Kier alpha value is -0.760. The molecule has 0 radical (unpaired) electrons. The average Bonchev–Trinajstić information content (AvgIpc) is 2.61. The standard InChI is InChI=1S/C8H16N4O2S/c9-8-11-10-7(15-8)1-2-12(3-5-13)4-6-14/h13-14H,1-6H2,(H2,9,11). The van der Waals surface area contributed by atoms with Gasteiger partial charge in [0.15, 0.2) is 0 Å². The molecule has 0 atom stereocenters. The normalized spacial score (nSPS) is 11.1. The Bertz CT molecular complexity index is 275. The zero-order valence-corrected chi connectivity index (χ0v) is 9.28. The van der Waals surface area contributed by atoms with Gasteiger partial charge in [-0.05, 0) is 0 Å². The molecule has 0 saturated carbocycles. The molecule has 0 unspecified atom stereocenters. The van der Waals surface area contributed by atoms with Gasteiger partial charge in [-0.2, -0.15) is 0 Å². The van der Waals surface area contributed by atoms with Crippen molar-refractivity contribution < 1.29 is 10.2 Å². The Morgan fingerprint density at radius 1 is 1.13 bits per heavy atom. The number of aromatic nitrogens is 2. The van der Waals surface area contributed by atoms with Gasteiger partial charge in [0.05, 0.1) is 13.2 Å². The van der Waals surface area contributed by atoms with E-state index in [1.165, 1.54) is 11.3 Å². The van der Waals surface area contributed by atoms with Crippen molar-refractivity contribution in [1.29, 1.82) is 0 Å². The lowest BCUT2D eigenvalue weighted by Gasteiger charge is -2.18. The SMILES string of the molecule is Nc1nnc(CCN(CCO)CCO)s1. The van der Waals surface area contributed by atoms with E-state index in [1.807, 2.05) is 4.90 Å². The van der Waals surface area contributed by atoms with Crippen LogP contribution in [-0.2, 0) is 6.42 Å². The molecule has 0 amide bonds. The van der Waals surface area contributed by atoms with Crippen molar-refractivity contribution in [3.8, 4) is 0 Å². The molecule has 1 rings (SSSR count). The first-order valence-electron chi connectivity index (χ1n) is 4.78. The van der Waals surface area contributed by atoms with Gasteiger partial charge >= 0.3 is 0 Å². The third-order valence-corrected chi connectivity index (χ3v) is 2.77. The highest BCUT2D eigenvalue weighted by molar-refractivity contribution is 7.15. The van der Waals surface area contributed by atoms with Crippen molar-refractivity contribution in [3.05, 3.63) is 5.01 Å². The summed E-state index contributed by atoms with van der Waals surface area (Å²) >= 11 is 1.37. The Kier molecular flexibility index (Phi) is 5.48. The minimum absolute atomic E-state index is 0.0955. The van der Waals surface area contributed by atoms with Crippen LogP contribution in [0, 0.1) is 0 Å². The van der Waals surface area contributed by atoms with Gasteiger partial charge in [0, 0.05) is 26.1 Å². The number of hydrogen-bond donors (Lipinski definition) is 3. The van der Waals surface area contributed by atoms with Crippen LogP contribution in [-0.4, -0.2) is 58.2 Å². The maximum absolute atomic E-state index is 8.80. The van der Waals surface area contributed by atoms with Crippen molar-refractivity contribution >= 4 is 16.5 Å². The third kappa shape index (κ3) is 4.52. The van der Waals surface area contributed by atoms with Crippen molar-refractivity contribution in [1.82, 2.24) is 15.1 Å². The first kappa shape index (κ1) is 12.3. The highest BCUT2D eigenvalue weighted by atomic mass is 32.1. The van der Waals surface area contributed by atoms with Crippen LogP contribution in [0.5, 0.6) is 0 Å². The lowest BCUT2D eigenvalue weighted by Crippen LogP contribution is -2.31. The number of aliphatic hydroxyl groups excluding tert-OH is 2. The number of anilines is 1. The van der Waals surface area contributed by atoms with E-state index in [1.54, 1.807) is 0 Å². The fraction of sp³-hybridized carbons (Fsp3) is 0.750. The van der Waals surface area contributed by atoms with Crippen molar-refractivity contribution in [3.63, 3.8) is 0 Å². The fourth-order valence-corrected chi connectivity index (χ4v) is 1.84. The number of nitrogens with two attached hydrogens (primary N) is 1. The maximum Gasteiger partial charge on any atom is 0.203 e. The predicted molar refractivity (Wildman–Crippen MR) is 58.6 cm³/mol. The van der Waals surface area contributed by atoms with E-state index in [-0.39, 0.29) is 13.2 Å². The van der Waals surface area contributed by atoms with Crippen molar-refractivity contribution in [2.45, 2.75) is 6.42 Å². The van der Waals surface area contributed by atoms with Crippen LogP contribution in [0.25, 0.3) is 0 Å². The van der Waals surface area contributed by atoms with Gasteiger partial charge in [0.1, 0.15) is 5.01 Å². The summed E-state index contributed by atoms with van der Waals surface area (Å²) in [7, 11) is 0. The number of nitrogen functional groups attached to an aromatic ring is 1. The smallest absolute Gasteiger partial charge is 0.203 e. The quantitative estimate of drug-likeness (QED) is 0.555. The van der Waals surface area contributed by atoms with Crippen molar-refractivity contribution in [2.24, 2.45) is 0 Å². The van der Waals surface area contributed by atoms with E-state index in [4.69, 9.17) is 15.9 Å². The Morgan fingerprint density at radius 2 is 1.80 bits per heavy atom. The van der Waals surface area contributed by atoms with Crippen LogP contribution in [0.3, 0.4) is 0 Å². The van der Waals surface area contributed by atoms with Gasteiger partial charge < -0.3 is 15.9 Å². The molecule has 0 bridgehead atoms. The van der Waals surface area contributed by atoms with E-state index in [9.17, 15) is 0 Å². The second-order valence-electron chi connectivity index (χ2n) is 3.07.